The van der Waals surface area contributed by atoms with Gasteiger partial charge in [-0.2, -0.15) is 0 Å². The molecule has 1 aromatic carbocycles. The van der Waals surface area contributed by atoms with Gasteiger partial charge in [0.05, 0.1) is 0 Å². The predicted molar refractivity (Wildman–Crippen MR) is 84.7 cm³/mol. The Morgan fingerprint density at radius 3 is 2.64 bits per heavy atom. The Bertz CT molecular complexity index is 493. The molecule has 1 unspecified atom stereocenters. The first-order valence-corrected chi connectivity index (χ1v) is 7.84. The minimum atomic E-state index is -0.143. The smallest absolute Gasteiger partial charge is 0.251 e. The molecule has 0 radical (unpaired) electrons. The molecule has 2 N–H and O–H groups in total. The van der Waals surface area contributed by atoms with Crippen LogP contribution in [0.5, 0.6) is 0 Å². The predicted octanol–water partition coefficient (Wildman–Crippen LogP) is 1.66. The van der Waals surface area contributed by atoms with Crippen molar-refractivity contribution in [3.8, 4) is 0 Å². The number of carbonyl (C=O) groups is 2. The number of benzene rings is 1. The number of hydrogen-bond donors (Lipinski definition) is 2. The quantitative estimate of drug-likeness (QED) is 0.805. The topological polar surface area (TPSA) is 67.4 Å². The lowest BCUT2D eigenvalue weighted by molar-refractivity contribution is -0.120. The normalized spacial score (nSPS) is 17.2. The van der Waals surface area contributed by atoms with Crippen molar-refractivity contribution in [1.29, 1.82) is 0 Å². The molecular formula is C17H24N2O3. The molecule has 22 heavy (non-hydrogen) atoms. The van der Waals surface area contributed by atoms with Crippen molar-refractivity contribution in [2.45, 2.75) is 26.2 Å². The number of hydrogen-bond acceptors (Lipinski definition) is 3. The summed E-state index contributed by atoms with van der Waals surface area (Å²) in [5, 5.41) is 5.65. The third kappa shape index (κ3) is 5.48. The van der Waals surface area contributed by atoms with Crippen molar-refractivity contribution in [2.75, 3.05) is 26.3 Å². The van der Waals surface area contributed by atoms with Crippen LogP contribution in [-0.4, -0.2) is 38.1 Å². The van der Waals surface area contributed by atoms with Gasteiger partial charge >= 0.3 is 0 Å². The van der Waals surface area contributed by atoms with Gasteiger partial charge in [0, 0.05) is 38.3 Å². The number of carbonyl (C=O) groups excluding carboxylic acids is 2. The standard InChI is InChI=1S/C17H24N2O3/c1-13-2-4-15(5-3-13)17(21)19-10-7-16(20)18-9-6-14-8-11-22-12-14/h2-5,14H,6-12H2,1H3,(H,18,20)(H,19,21). The highest BCUT2D eigenvalue weighted by atomic mass is 16.5. The molecule has 0 bridgehead atoms. The maximum atomic E-state index is 11.9. The molecule has 5 nitrogen and oxygen atoms in total. The van der Waals surface area contributed by atoms with Gasteiger partial charge in [0.25, 0.3) is 5.91 Å². The van der Waals surface area contributed by atoms with Crippen molar-refractivity contribution in [3.05, 3.63) is 35.4 Å². The molecule has 1 fully saturated rings. The van der Waals surface area contributed by atoms with Gasteiger partial charge in [0.15, 0.2) is 0 Å². The van der Waals surface area contributed by atoms with E-state index in [0.29, 0.717) is 31.0 Å². The summed E-state index contributed by atoms with van der Waals surface area (Å²) in [6.45, 7) is 4.65. The number of nitrogens with one attached hydrogen (secondary N) is 2. The van der Waals surface area contributed by atoms with E-state index < -0.39 is 0 Å². The van der Waals surface area contributed by atoms with Crippen LogP contribution in [0.2, 0.25) is 0 Å². The van der Waals surface area contributed by atoms with E-state index in [0.717, 1.165) is 31.6 Å². The summed E-state index contributed by atoms with van der Waals surface area (Å²) in [5.74, 6) is 0.403. The van der Waals surface area contributed by atoms with Crippen molar-refractivity contribution < 1.29 is 14.3 Å². The molecule has 2 amide bonds. The molecule has 120 valence electrons. The first-order valence-electron chi connectivity index (χ1n) is 7.84. The van der Waals surface area contributed by atoms with Crippen LogP contribution in [0, 0.1) is 12.8 Å². The fourth-order valence-corrected chi connectivity index (χ4v) is 2.41. The van der Waals surface area contributed by atoms with Gasteiger partial charge in [0.2, 0.25) is 5.91 Å². The Morgan fingerprint density at radius 2 is 1.95 bits per heavy atom. The van der Waals surface area contributed by atoms with Crippen LogP contribution in [0.4, 0.5) is 0 Å². The summed E-state index contributed by atoms with van der Waals surface area (Å²) >= 11 is 0. The maximum Gasteiger partial charge on any atom is 0.251 e. The van der Waals surface area contributed by atoms with Crippen LogP contribution in [0.3, 0.4) is 0 Å². The van der Waals surface area contributed by atoms with Crippen molar-refractivity contribution in [3.63, 3.8) is 0 Å². The Morgan fingerprint density at radius 1 is 1.18 bits per heavy atom. The highest BCUT2D eigenvalue weighted by molar-refractivity contribution is 5.94. The third-order valence-corrected chi connectivity index (χ3v) is 3.85. The van der Waals surface area contributed by atoms with E-state index in [1.54, 1.807) is 12.1 Å². The van der Waals surface area contributed by atoms with Crippen LogP contribution in [-0.2, 0) is 9.53 Å². The highest BCUT2D eigenvalue weighted by Gasteiger charge is 2.15. The average molecular weight is 304 g/mol. The van der Waals surface area contributed by atoms with E-state index in [1.807, 2.05) is 19.1 Å². The number of ether oxygens (including phenoxy) is 1. The van der Waals surface area contributed by atoms with Crippen LogP contribution in [0.1, 0.15) is 35.2 Å². The summed E-state index contributed by atoms with van der Waals surface area (Å²) in [4.78, 5) is 23.6. The summed E-state index contributed by atoms with van der Waals surface area (Å²) in [7, 11) is 0. The van der Waals surface area contributed by atoms with Gasteiger partial charge in [-0.3, -0.25) is 9.59 Å². The SMILES string of the molecule is Cc1ccc(C(=O)NCCC(=O)NCCC2CCOC2)cc1. The van der Waals surface area contributed by atoms with E-state index in [1.165, 1.54) is 0 Å². The molecule has 1 aliphatic heterocycles. The van der Waals surface area contributed by atoms with Crippen molar-refractivity contribution in [1.82, 2.24) is 10.6 Å². The average Bonchev–Trinajstić information content (AvgIpc) is 3.01. The van der Waals surface area contributed by atoms with E-state index in [4.69, 9.17) is 4.74 Å². The van der Waals surface area contributed by atoms with E-state index >= 15 is 0 Å². The molecule has 0 aliphatic carbocycles. The van der Waals surface area contributed by atoms with Crippen LogP contribution in [0.15, 0.2) is 24.3 Å². The molecule has 1 aliphatic rings. The molecule has 5 heteroatoms. The minimum Gasteiger partial charge on any atom is -0.381 e. The van der Waals surface area contributed by atoms with E-state index in [9.17, 15) is 9.59 Å². The van der Waals surface area contributed by atoms with E-state index in [2.05, 4.69) is 10.6 Å². The van der Waals surface area contributed by atoms with Gasteiger partial charge in [-0.05, 0) is 37.8 Å². The van der Waals surface area contributed by atoms with Crippen molar-refractivity contribution >= 4 is 11.8 Å². The van der Waals surface area contributed by atoms with E-state index in [-0.39, 0.29) is 11.8 Å². The largest absolute Gasteiger partial charge is 0.381 e. The number of rotatable bonds is 7. The number of aryl methyl sites for hydroxylation is 1. The number of amides is 2. The first kappa shape index (κ1) is 16.5. The summed E-state index contributed by atoms with van der Waals surface area (Å²) in [6.07, 6.45) is 2.35. The Hall–Kier alpha value is -1.88. The lowest BCUT2D eigenvalue weighted by Crippen LogP contribution is -2.31. The Labute approximate surface area is 131 Å². The zero-order valence-corrected chi connectivity index (χ0v) is 13.1. The van der Waals surface area contributed by atoms with Crippen LogP contribution < -0.4 is 10.6 Å². The molecular weight excluding hydrogens is 280 g/mol. The zero-order valence-electron chi connectivity index (χ0n) is 13.1. The zero-order chi connectivity index (χ0) is 15.8. The third-order valence-electron chi connectivity index (χ3n) is 3.85. The summed E-state index contributed by atoms with van der Waals surface area (Å²) in [5.41, 5.74) is 1.73. The summed E-state index contributed by atoms with van der Waals surface area (Å²) < 4.78 is 5.30. The van der Waals surface area contributed by atoms with Crippen LogP contribution in [0.25, 0.3) is 0 Å². The molecule has 0 spiro atoms. The second-order valence-corrected chi connectivity index (χ2v) is 5.74. The summed E-state index contributed by atoms with van der Waals surface area (Å²) in [6, 6.07) is 7.37. The molecule has 1 aromatic rings. The van der Waals surface area contributed by atoms with Gasteiger partial charge in [-0.15, -0.1) is 0 Å². The molecule has 0 saturated carbocycles. The molecule has 0 aromatic heterocycles. The fourth-order valence-electron chi connectivity index (χ4n) is 2.41. The van der Waals surface area contributed by atoms with Gasteiger partial charge in [0.1, 0.15) is 0 Å². The molecule has 1 heterocycles. The Kier molecular flexibility index (Phi) is 6.40. The lowest BCUT2D eigenvalue weighted by Gasteiger charge is -2.09. The van der Waals surface area contributed by atoms with Gasteiger partial charge in [-0.1, -0.05) is 17.7 Å². The molecule has 1 atom stereocenters. The highest BCUT2D eigenvalue weighted by Crippen LogP contribution is 2.15. The maximum absolute atomic E-state index is 11.9. The van der Waals surface area contributed by atoms with Crippen molar-refractivity contribution in [2.24, 2.45) is 5.92 Å². The second kappa shape index (κ2) is 8.54. The minimum absolute atomic E-state index is 0.0249. The monoisotopic (exact) mass is 304 g/mol. The fraction of sp³-hybridized carbons (Fsp3) is 0.529. The van der Waals surface area contributed by atoms with Gasteiger partial charge < -0.3 is 15.4 Å². The van der Waals surface area contributed by atoms with Crippen LogP contribution >= 0.6 is 0 Å². The molecule has 1 saturated heterocycles. The second-order valence-electron chi connectivity index (χ2n) is 5.74. The first-order chi connectivity index (χ1) is 10.6. The van der Waals surface area contributed by atoms with Gasteiger partial charge in [-0.25, -0.2) is 0 Å². The lowest BCUT2D eigenvalue weighted by atomic mass is 10.1. The molecule has 2 rings (SSSR count). The Balaban J connectivity index is 1.58.